The highest BCUT2D eigenvalue weighted by molar-refractivity contribution is 5.95. The number of para-hydroxylation sites is 1. The molecule has 2 rings (SSSR count). The molecule has 2 aromatic carbocycles. The molecule has 1 N–H and O–H groups in total. The number of carbonyl (C=O) groups excluding carboxylic acids is 1. The largest absolute Gasteiger partial charge is 0.388 e. The fourth-order valence-electron chi connectivity index (χ4n) is 1.86. The monoisotopic (exact) mass is 225 g/mol. The van der Waals surface area contributed by atoms with E-state index in [-0.39, 0.29) is 5.78 Å². The summed E-state index contributed by atoms with van der Waals surface area (Å²) >= 11 is 0. The molecular formula is C15H15NO. The molecule has 0 aliphatic heterocycles. The number of benzene rings is 2. The predicted molar refractivity (Wildman–Crippen MR) is 71.4 cm³/mol. The van der Waals surface area contributed by atoms with Crippen LogP contribution in [0.15, 0.2) is 48.5 Å². The van der Waals surface area contributed by atoms with Gasteiger partial charge in [0, 0.05) is 23.9 Å². The Balaban J connectivity index is 2.52. The maximum atomic E-state index is 11.4. The Morgan fingerprint density at radius 3 is 2.53 bits per heavy atom. The topological polar surface area (TPSA) is 29.1 Å². The highest BCUT2D eigenvalue weighted by atomic mass is 16.1. The zero-order valence-electron chi connectivity index (χ0n) is 10.0. The standard InChI is InChI=1S/C15H15NO/c1-11(17)12-6-5-7-13(10-12)14-8-3-4-9-15(14)16-2/h3-10,16H,1-2H3. The van der Waals surface area contributed by atoms with Crippen molar-refractivity contribution in [2.45, 2.75) is 6.92 Å². The third kappa shape index (κ3) is 2.36. The van der Waals surface area contributed by atoms with Crippen LogP contribution in [0.2, 0.25) is 0 Å². The van der Waals surface area contributed by atoms with E-state index in [1.54, 1.807) is 6.92 Å². The second-order valence-electron chi connectivity index (χ2n) is 3.93. The second kappa shape index (κ2) is 4.83. The fourth-order valence-corrected chi connectivity index (χ4v) is 1.86. The van der Waals surface area contributed by atoms with Crippen LogP contribution in [-0.4, -0.2) is 12.8 Å². The van der Waals surface area contributed by atoms with Crippen LogP contribution in [0.1, 0.15) is 17.3 Å². The number of hydrogen-bond donors (Lipinski definition) is 1. The van der Waals surface area contributed by atoms with Crippen LogP contribution >= 0.6 is 0 Å². The highest BCUT2D eigenvalue weighted by Crippen LogP contribution is 2.27. The molecule has 2 heteroatoms. The molecule has 0 spiro atoms. The molecule has 0 radical (unpaired) electrons. The van der Waals surface area contributed by atoms with Crippen molar-refractivity contribution in [2.24, 2.45) is 0 Å². The number of carbonyl (C=O) groups is 1. The number of hydrogen-bond acceptors (Lipinski definition) is 2. The summed E-state index contributed by atoms with van der Waals surface area (Å²) in [6.45, 7) is 1.59. The van der Waals surface area contributed by atoms with Crippen molar-refractivity contribution in [3.05, 3.63) is 54.1 Å². The van der Waals surface area contributed by atoms with E-state index < -0.39 is 0 Å². The summed E-state index contributed by atoms with van der Waals surface area (Å²) in [6.07, 6.45) is 0. The van der Waals surface area contributed by atoms with E-state index in [1.165, 1.54) is 0 Å². The summed E-state index contributed by atoms with van der Waals surface area (Å²) in [6, 6.07) is 15.8. The second-order valence-corrected chi connectivity index (χ2v) is 3.93. The van der Waals surface area contributed by atoms with E-state index >= 15 is 0 Å². The van der Waals surface area contributed by atoms with Gasteiger partial charge >= 0.3 is 0 Å². The molecule has 2 aromatic rings. The van der Waals surface area contributed by atoms with Gasteiger partial charge in [0.1, 0.15) is 0 Å². The fraction of sp³-hybridized carbons (Fsp3) is 0.133. The van der Waals surface area contributed by atoms with E-state index in [4.69, 9.17) is 0 Å². The third-order valence-corrected chi connectivity index (χ3v) is 2.78. The minimum Gasteiger partial charge on any atom is -0.388 e. The van der Waals surface area contributed by atoms with Crippen molar-refractivity contribution in [3.8, 4) is 11.1 Å². The SMILES string of the molecule is CNc1ccccc1-c1cccc(C(C)=O)c1. The number of rotatable bonds is 3. The highest BCUT2D eigenvalue weighted by Gasteiger charge is 2.05. The maximum absolute atomic E-state index is 11.4. The van der Waals surface area contributed by atoms with Gasteiger partial charge in [-0.3, -0.25) is 4.79 Å². The summed E-state index contributed by atoms with van der Waals surface area (Å²) in [5, 5.41) is 3.16. The van der Waals surface area contributed by atoms with Crippen LogP contribution in [0.5, 0.6) is 0 Å². The molecule has 0 aliphatic carbocycles. The van der Waals surface area contributed by atoms with Crippen LogP contribution in [0.25, 0.3) is 11.1 Å². The zero-order valence-corrected chi connectivity index (χ0v) is 10.0. The van der Waals surface area contributed by atoms with Gasteiger partial charge in [-0.05, 0) is 24.6 Å². The van der Waals surface area contributed by atoms with Crippen molar-refractivity contribution in [3.63, 3.8) is 0 Å². The van der Waals surface area contributed by atoms with Gasteiger partial charge < -0.3 is 5.32 Å². The molecule has 0 unspecified atom stereocenters. The number of ketones is 1. The molecular weight excluding hydrogens is 210 g/mol. The van der Waals surface area contributed by atoms with Gasteiger partial charge in [0.2, 0.25) is 0 Å². The molecule has 2 nitrogen and oxygen atoms in total. The van der Waals surface area contributed by atoms with Gasteiger partial charge in [-0.2, -0.15) is 0 Å². The predicted octanol–water partition coefficient (Wildman–Crippen LogP) is 3.60. The Morgan fingerprint density at radius 2 is 1.82 bits per heavy atom. The Morgan fingerprint density at radius 1 is 1.06 bits per heavy atom. The molecule has 0 saturated carbocycles. The minimum absolute atomic E-state index is 0.0915. The smallest absolute Gasteiger partial charge is 0.159 e. The first-order valence-electron chi connectivity index (χ1n) is 5.60. The van der Waals surface area contributed by atoms with Crippen LogP contribution in [0.4, 0.5) is 5.69 Å². The summed E-state index contributed by atoms with van der Waals surface area (Å²) in [5.74, 6) is 0.0915. The Kier molecular flexibility index (Phi) is 3.24. The summed E-state index contributed by atoms with van der Waals surface area (Å²) in [7, 11) is 1.90. The van der Waals surface area contributed by atoms with Crippen LogP contribution in [-0.2, 0) is 0 Å². The van der Waals surface area contributed by atoms with Gasteiger partial charge in [-0.1, -0.05) is 36.4 Å². The van der Waals surface area contributed by atoms with Crippen molar-refractivity contribution >= 4 is 11.5 Å². The lowest BCUT2D eigenvalue weighted by Gasteiger charge is -2.09. The molecule has 0 amide bonds. The van der Waals surface area contributed by atoms with Gasteiger partial charge in [-0.25, -0.2) is 0 Å². The lowest BCUT2D eigenvalue weighted by molar-refractivity contribution is 0.101. The average molecular weight is 225 g/mol. The lowest BCUT2D eigenvalue weighted by atomic mass is 10.0. The zero-order chi connectivity index (χ0) is 12.3. The lowest BCUT2D eigenvalue weighted by Crippen LogP contribution is -1.94. The van der Waals surface area contributed by atoms with Crippen LogP contribution in [0.3, 0.4) is 0 Å². The van der Waals surface area contributed by atoms with Crippen molar-refractivity contribution in [2.75, 3.05) is 12.4 Å². The third-order valence-electron chi connectivity index (χ3n) is 2.78. The molecule has 0 atom stereocenters. The Bertz CT molecular complexity index is 546. The van der Waals surface area contributed by atoms with E-state index in [2.05, 4.69) is 5.32 Å². The van der Waals surface area contributed by atoms with Gasteiger partial charge in [-0.15, -0.1) is 0 Å². The number of nitrogens with one attached hydrogen (secondary N) is 1. The number of Topliss-reactive ketones (excluding diaryl/α,β-unsaturated/α-hetero) is 1. The van der Waals surface area contributed by atoms with E-state index in [1.807, 2.05) is 55.6 Å². The van der Waals surface area contributed by atoms with Gasteiger partial charge in [0.25, 0.3) is 0 Å². The quantitative estimate of drug-likeness (QED) is 0.809. The van der Waals surface area contributed by atoms with E-state index in [0.29, 0.717) is 0 Å². The first-order chi connectivity index (χ1) is 8.22. The molecule has 0 heterocycles. The van der Waals surface area contributed by atoms with Crippen molar-refractivity contribution in [1.82, 2.24) is 0 Å². The summed E-state index contributed by atoms with van der Waals surface area (Å²) in [4.78, 5) is 11.4. The summed E-state index contributed by atoms with van der Waals surface area (Å²) < 4.78 is 0. The van der Waals surface area contributed by atoms with Crippen LogP contribution < -0.4 is 5.32 Å². The van der Waals surface area contributed by atoms with Crippen molar-refractivity contribution < 1.29 is 4.79 Å². The van der Waals surface area contributed by atoms with Gasteiger partial charge in [0.15, 0.2) is 5.78 Å². The molecule has 17 heavy (non-hydrogen) atoms. The van der Waals surface area contributed by atoms with Crippen molar-refractivity contribution in [1.29, 1.82) is 0 Å². The molecule has 0 fully saturated rings. The minimum atomic E-state index is 0.0915. The molecule has 0 aromatic heterocycles. The molecule has 0 bridgehead atoms. The Labute approximate surface area is 101 Å². The molecule has 0 aliphatic rings. The average Bonchev–Trinajstić information content (AvgIpc) is 2.39. The maximum Gasteiger partial charge on any atom is 0.159 e. The van der Waals surface area contributed by atoms with Crippen LogP contribution in [0, 0.1) is 0 Å². The number of anilines is 1. The van der Waals surface area contributed by atoms with E-state index in [0.717, 1.165) is 22.4 Å². The Hall–Kier alpha value is -2.09. The first kappa shape index (κ1) is 11.4. The van der Waals surface area contributed by atoms with E-state index in [9.17, 15) is 4.79 Å². The van der Waals surface area contributed by atoms with Gasteiger partial charge in [0.05, 0.1) is 0 Å². The molecule has 86 valence electrons. The molecule has 0 saturated heterocycles. The first-order valence-corrected chi connectivity index (χ1v) is 5.60. The summed E-state index contributed by atoms with van der Waals surface area (Å²) in [5.41, 5.74) is 3.97. The normalized spacial score (nSPS) is 10.0.